The van der Waals surface area contributed by atoms with Crippen LogP contribution < -0.4 is 5.32 Å². The molecule has 2 atom stereocenters. The molecule has 2 aliphatic rings. The number of rotatable bonds is 2. The maximum Gasteiger partial charge on any atom is 0.0233 e. The van der Waals surface area contributed by atoms with Crippen LogP contribution in [0.5, 0.6) is 0 Å². The summed E-state index contributed by atoms with van der Waals surface area (Å²) in [6.45, 7) is 7.05. The van der Waals surface area contributed by atoms with Gasteiger partial charge in [0.1, 0.15) is 0 Å². The van der Waals surface area contributed by atoms with Crippen LogP contribution in [0.25, 0.3) is 0 Å². The van der Waals surface area contributed by atoms with E-state index in [2.05, 4.69) is 41.4 Å². The number of aryl methyl sites for hydroxylation is 1. The zero-order chi connectivity index (χ0) is 12.4. The fourth-order valence-electron chi connectivity index (χ4n) is 3.42. The molecule has 0 aliphatic carbocycles. The van der Waals surface area contributed by atoms with Gasteiger partial charge in [0, 0.05) is 19.1 Å². The maximum atomic E-state index is 3.69. The highest BCUT2D eigenvalue weighted by molar-refractivity contribution is 5.21. The topological polar surface area (TPSA) is 15.3 Å². The summed E-state index contributed by atoms with van der Waals surface area (Å²) < 4.78 is 0. The Kier molecular flexibility index (Phi) is 3.67. The lowest BCUT2D eigenvalue weighted by Gasteiger charge is -2.41. The van der Waals surface area contributed by atoms with Crippen LogP contribution >= 0.6 is 0 Å². The van der Waals surface area contributed by atoms with E-state index < -0.39 is 0 Å². The Labute approximate surface area is 110 Å². The molecule has 1 N–H and O–H groups in total. The average Bonchev–Trinajstić information content (AvgIpc) is 2.41. The minimum absolute atomic E-state index is 0.799. The second kappa shape index (κ2) is 5.41. The number of hydrogen-bond donors (Lipinski definition) is 1. The van der Waals surface area contributed by atoms with E-state index in [-0.39, 0.29) is 0 Å². The van der Waals surface area contributed by atoms with Gasteiger partial charge in [-0.3, -0.25) is 4.90 Å². The molecule has 2 unspecified atom stereocenters. The van der Waals surface area contributed by atoms with Gasteiger partial charge in [0.25, 0.3) is 0 Å². The zero-order valence-corrected chi connectivity index (χ0v) is 11.4. The van der Waals surface area contributed by atoms with Gasteiger partial charge in [-0.15, -0.1) is 0 Å². The summed E-state index contributed by atoms with van der Waals surface area (Å²) in [6.07, 6.45) is 4.11. The molecule has 2 fully saturated rings. The molecule has 98 valence electrons. The summed E-state index contributed by atoms with van der Waals surface area (Å²) in [5.41, 5.74) is 2.82. The second-order valence-electron chi connectivity index (χ2n) is 5.97. The number of benzene rings is 1. The summed E-state index contributed by atoms with van der Waals surface area (Å²) in [5, 5.41) is 3.69. The van der Waals surface area contributed by atoms with E-state index in [0.717, 1.165) is 18.5 Å². The van der Waals surface area contributed by atoms with Gasteiger partial charge in [0.05, 0.1) is 0 Å². The first-order valence-electron chi connectivity index (χ1n) is 7.32. The number of nitrogens with one attached hydrogen (secondary N) is 1. The van der Waals surface area contributed by atoms with Crippen LogP contribution in [0, 0.1) is 12.8 Å². The molecule has 0 radical (unpaired) electrons. The predicted molar refractivity (Wildman–Crippen MR) is 75.6 cm³/mol. The van der Waals surface area contributed by atoms with Crippen molar-refractivity contribution >= 4 is 0 Å². The Balaban J connectivity index is 1.59. The lowest BCUT2D eigenvalue weighted by molar-refractivity contribution is 0.109. The molecule has 2 heteroatoms. The first kappa shape index (κ1) is 12.2. The highest BCUT2D eigenvalue weighted by Gasteiger charge is 2.30. The van der Waals surface area contributed by atoms with Gasteiger partial charge in [-0.1, -0.05) is 29.8 Å². The van der Waals surface area contributed by atoms with Crippen LogP contribution in [0.2, 0.25) is 0 Å². The van der Waals surface area contributed by atoms with Crippen LogP contribution in [-0.4, -0.2) is 30.6 Å². The van der Waals surface area contributed by atoms with Crippen molar-refractivity contribution in [1.29, 1.82) is 0 Å². The Bertz CT molecular complexity index is 385. The van der Waals surface area contributed by atoms with Crippen LogP contribution in [-0.2, 0) is 6.54 Å². The van der Waals surface area contributed by atoms with Crippen molar-refractivity contribution in [2.75, 3.05) is 19.6 Å². The lowest BCUT2D eigenvalue weighted by Crippen LogP contribution is -2.51. The summed E-state index contributed by atoms with van der Waals surface area (Å²) in [5.74, 6) is 0.887. The highest BCUT2D eigenvalue weighted by atomic mass is 15.2. The molecule has 2 heterocycles. The van der Waals surface area contributed by atoms with Gasteiger partial charge >= 0.3 is 0 Å². The lowest BCUT2D eigenvalue weighted by atomic mass is 9.85. The Morgan fingerprint density at radius 1 is 1.22 bits per heavy atom. The zero-order valence-electron chi connectivity index (χ0n) is 11.4. The smallest absolute Gasteiger partial charge is 0.0233 e. The van der Waals surface area contributed by atoms with Crippen LogP contribution in [0.1, 0.15) is 30.4 Å². The third kappa shape index (κ3) is 2.76. The number of likely N-dealkylation sites (tertiary alicyclic amines) is 1. The third-order valence-corrected chi connectivity index (χ3v) is 4.50. The molecule has 2 nitrogen and oxygen atoms in total. The second-order valence-corrected chi connectivity index (χ2v) is 5.97. The minimum Gasteiger partial charge on any atom is -0.314 e. The molecule has 1 aromatic rings. The molecule has 2 saturated heterocycles. The number of hydrogen-bond acceptors (Lipinski definition) is 2. The van der Waals surface area contributed by atoms with Gasteiger partial charge in [0.2, 0.25) is 0 Å². The largest absolute Gasteiger partial charge is 0.314 e. The molecule has 1 aromatic carbocycles. The summed E-state index contributed by atoms with van der Waals surface area (Å²) in [6, 6.07) is 9.81. The highest BCUT2D eigenvalue weighted by Crippen LogP contribution is 2.25. The standard InChI is InChI=1S/C16H24N2/c1-13-4-6-14(7-5-13)11-18-10-8-16-15(12-18)3-2-9-17-16/h4-7,15-17H,2-3,8-12H2,1H3. The Morgan fingerprint density at radius 3 is 2.89 bits per heavy atom. The van der Waals surface area contributed by atoms with Gasteiger partial charge in [-0.25, -0.2) is 0 Å². The van der Waals surface area contributed by atoms with Crippen LogP contribution in [0.15, 0.2) is 24.3 Å². The summed E-state index contributed by atoms with van der Waals surface area (Å²) in [4.78, 5) is 2.64. The van der Waals surface area contributed by atoms with E-state index in [1.54, 1.807) is 0 Å². The molecule has 0 amide bonds. The molecule has 0 bridgehead atoms. The van der Waals surface area contributed by atoms with E-state index in [1.165, 1.54) is 50.0 Å². The van der Waals surface area contributed by atoms with Crippen molar-refractivity contribution in [1.82, 2.24) is 10.2 Å². The van der Waals surface area contributed by atoms with E-state index >= 15 is 0 Å². The predicted octanol–water partition coefficient (Wildman–Crippen LogP) is 2.57. The third-order valence-electron chi connectivity index (χ3n) is 4.50. The maximum absolute atomic E-state index is 3.69. The van der Waals surface area contributed by atoms with Crippen LogP contribution in [0.4, 0.5) is 0 Å². The van der Waals surface area contributed by atoms with E-state index in [4.69, 9.17) is 0 Å². The molecule has 0 spiro atoms. The summed E-state index contributed by atoms with van der Waals surface area (Å²) >= 11 is 0. The summed E-state index contributed by atoms with van der Waals surface area (Å²) in [7, 11) is 0. The fraction of sp³-hybridized carbons (Fsp3) is 0.625. The first-order valence-corrected chi connectivity index (χ1v) is 7.32. The van der Waals surface area contributed by atoms with E-state index in [1.807, 2.05) is 0 Å². The van der Waals surface area contributed by atoms with Crippen molar-refractivity contribution in [3.8, 4) is 0 Å². The van der Waals surface area contributed by atoms with Crippen molar-refractivity contribution in [3.05, 3.63) is 35.4 Å². The Morgan fingerprint density at radius 2 is 2.06 bits per heavy atom. The van der Waals surface area contributed by atoms with Crippen LogP contribution in [0.3, 0.4) is 0 Å². The Hall–Kier alpha value is -0.860. The molecule has 18 heavy (non-hydrogen) atoms. The van der Waals surface area contributed by atoms with Crippen molar-refractivity contribution in [3.63, 3.8) is 0 Å². The van der Waals surface area contributed by atoms with E-state index in [0.29, 0.717) is 0 Å². The van der Waals surface area contributed by atoms with Gasteiger partial charge in [-0.2, -0.15) is 0 Å². The normalized spacial score (nSPS) is 28.9. The SMILES string of the molecule is Cc1ccc(CN2CCC3NCCCC3C2)cc1. The number of fused-ring (bicyclic) bond motifs is 1. The average molecular weight is 244 g/mol. The number of piperidine rings is 2. The van der Waals surface area contributed by atoms with E-state index in [9.17, 15) is 0 Å². The van der Waals surface area contributed by atoms with Crippen molar-refractivity contribution in [2.24, 2.45) is 5.92 Å². The molecule has 2 aliphatic heterocycles. The fourth-order valence-corrected chi connectivity index (χ4v) is 3.42. The molecule has 3 rings (SSSR count). The van der Waals surface area contributed by atoms with Gasteiger partial charge in [-0.05, 0) is 50.8 Å². The first-order chi connectivity index (χ1) is 8.81. The molecular formula is C16H24N2. The van der Waals surface area contributed by atoms with Crippen molar-refractivity contribution in [2.45, 2.75) is 38.8 Å². The molecule has 0 aromatic heterocycles. The number of nitrogens with zero attached hydrogens (tertiary/aromatic N) is 1. The molecule has 0 saturated carbocycles. The van der Waals surface area contributed by atoms with Gasteiger partial charge < -0.3 is 5.32 Å². The minimum atomic E-state index is 0.799. The quantitative estimate of drug-likeness (QED) is 0.860. The van der Waals surface area contributed by atoms with Crippen molar-refractivity contribution < 1.29 is 0 Å². The monoisotopic (exact) mass is 244 g/mol. The molecular weight excluding hydrogens is 220 g/mol. The van der Waals surface area contributed by atoms with Gasteiger partial charge in [0.15, 0.2) is 0 Å².